The molecule has 0 amide bonds. The summed E-state index contributed by atoms with van der Waals surface area (Å²) in [7, 11) is 0. The number of hydrogen-bond donors (Lipinski definition) is 0. The van der Waals surface area contributed by atoms with Crippen molar-refractivity contribution < 1.29 is 14.3 Å². The highest BCUT2D eigenvalue weighted by atomic mass is 16.5. The van der Waals surface area contributed by atoms with Gasteiger partial charge in [-0.25, -0.2) is 0 Å². The Balaban J connectivity index is 1.46. The summed E-state index contributed by atoms with van der Waals surface area (Å²) in [6.07, 6.45) is 12.8. The summed E-state index contributed by atoms with van der Waals surface area (Å²) in [5.41, 5.74) is 0. The molecule has 0 radical (unpaired) electrons. The van der Waals surface area contributed by atoms with Crippen LogP contribution in [0.2, 0.25) is 0 Å². The fraction of sp³-hybridized carbons (Fsp3) is 0.708. The summed E-state index contributed by atoms with van der Waals surface area (Å²) in [4.78, 5) is 12.6. The summed E-state index contributed by atoms with van der Waals surface area (Å²) in [5, 5.41) is 0. The molecule has 27 heavy (non-hydrogen) atoms. The highest BCUT2D eigenvalue weighted by Gasteiger charge is 2.38. The van der Waals surface area contributed by atoms with Gasteiger partial charge in [0, 0.05) is 0 Å². The minimum atomic E-state index is -0.0392. The third-order valence-electron chi connectivity index (χ3n) is 6.62. The molecule has 0 aromatic heterocycles. The monoisotopic (exact) mass is 372 g/mol. The van der Waals surface area contributed by atoms with Gasteiger partial charge in [0.1, 0.15) is 11.5 Å². The first-order chi connectivity index (χ1) is 13.2. The Morgan fingerprint density at radius 3 is 2.37 bits per heavy atom. The number of rotatable bonds is 8. The van der Waals surface area contributed by atoms with Gasteiger partial charge in [-0.15, -0.1) is 0 Å². The molecule has 0 aliphatic heterocycles. The molecule has 2 aliphatic rings. The third-order valence-corrected chi connectivity index (χ3v) is 6.62. The number of ether oxygens (including phenoxy) is 2. The maximum atomic E-state index is 12.6. The van der Waals surface area contributed by atoms with Crippen LogP contribution in [-0.4, -0.2) is 12.6 Å². The van der Waals surface area contributed by atoms with E-state index in [1.807, 2.05) is 31.2 Å². The van der Waals surface area contributed by atoms with Gasteiger partial charge in [0.05, 0.1) is 12.5 Å². The smallest absolute Gasteiger partial charge is 0.314 e. The Kier molecular flexibility index (Phi) is 7.60. The van der Waals surface area contributed by atoms with E-state index in [-0.39, 0.29) is 11.9 Å². The van der Waals surface area contributed by atoms with E-state index >= 15 is 0 Å². The summed E-state index contributed by atoms with van der Waals surface area (Å²) in [6, 6.07) is 7.39. The van der Waals surface area contributed by atoms with Crippen LogP contribution < -0.4 is 9.47 Å². The molecule has 2 fully saturated rings. The zero-order chi connectivity index (χ0) is 19.1. The van der Waals surface area contributed by atoms with E-state index in [4.69, 9.17) is 9.47 Å². The molecule has 1 aromatic carbocycles. The van der Waals surface area contributed by atoms with E-state index in [1.165, 1.54) is 51.4 Å². The highest BCUT2D eigenvalue weighted by Crippen LogP contribution is 2.46. The van der Waals surface area contributed by atoms with Crippen molar-refractivity contribution in [2.45, 2.75) is 78.1 Å². The van der Waals surface area contributed by atoms with Gasteiger partial charge in [-0.3, -0.25) is 4.79 Å². The molecule has 4 atom stereocenters. The zero-order valence-electron chi connectivity index (χ0n) is 17.1. The maximum Gasteiger partial charge on any atom is 0.314 e. The number of unbranched alkanes of at least 4 members (excludes halogenated alkanes) is 2. The first-order valence-corrected chi connectivity index (χ1v) is 11.1. The van der Waals surface area contributed by atoms with Crippen molar-refractivity contribution >= 4 is 5.97 Å². The zero-order valence-corrected chi connectivity index (χ0v) is 17.1. The van der Waals surface area contributed by atoms with Crippen LogP contribution >= 0.6 is 0 Å². The number of hydrogen-bond acceptors (Lipinski definition) is 3. The normalized spacial score (nSPS) is 27.6. The van der Waals surface area contributed by atoms with Crippen LogP contribution in [0.3, 0.4) is 0 Å². The lowest BCUT2D eigenvalue weighted by Gasteiger charge is -2.41. The summed E-state index contributed by atoms with van der Waals surface area (Å²) >= 11 is 0. The maximum absolute atomic E-state index is 12.6. The van der Waals surface area contributed by atoms with Gasteiger partial charge in [0.15, 0.2) is 0 Å². The highest BCUT2D eigenvalue weighted by molar-refractivity contribution is 5.75. The lowest BCUT2D eigenvalue weighted by molar-refractivity contribution is -0.141. The molecule has 0 heterocycles. The van der Waals surface area contributed by atoms with Gasteiger partial charge < -0.3 is 9.47 Å². The second-order valence-corrected chi connectivity index (χ2v) is 8.53. The van der Waals surface area contributed by atoms with Gasteiger partial charge in [0.25, 0.3) is 0 Å². The van der Waals surface area contributed by atoms with Crippen molar-refractivity contribution in [2.24, 2.45) is 23.7 Å². The molecule has 150 valence electrons. The molecule has 2 aliphatic carbocycles. The standard InChI is InChI=1S/C24H36O3/c1-3-5-6-7-18-8-9-20-17-21(11-10-19(20)16-18)24(25)27-23-14-12-22(13-15-23)26-4-2/h12-15,18-21H,3-11,16-17H2,1-2H3. The van der Waals surface area contributed by atoms with Crippen molar-refractivity contribution in [3.05, 3.63) is 24.3 Å². The number of esters is 1. The Hall–Kier alpha value is -1.51. The minimum Gasteiger partial charge on any atom is -0.494 e. The van der Waals surface area contributed by atoms with Crippen molar-refractivity contribution in [3.63, 3.8) is 0 Å². The number of fused-ring (bicyclic) bond motifs is 1. The molecular formula is C24H36O3. The second-order valence-electron chi connectivity index (χ2n) is 8.53. The molecule has 0 saturated heterocycles. The molecule has 2 saturated carbocycles. The lowest BCUT2D eigenvalue weighted by atomic mass is 9.64. The summed E-state index contributed by atoms with van der Waals surface area (Å²) in [6.45, 7) is 4.89. The fourth-order valence-corrected chi connectivity index (χ4v) is 5.12. The van der Waals surface area contributed by atoms with E-state index in [0.29, 0.717) is 12.4 Å². The van der Waals surface area contributed by atoms with Crippen molar-refractivity contribution in [3.8, 4) is 11.5 Å². The van der Waals surface area contributed by atoms with E-state index < -0.39 is 0 Å². The predicted octanol–water partition coefficient (Wildman–Crippen LogP) is 6.40. The average molecular weight is 373 g/mol. The molecule has 4 unspecified atom stereocenters. The van der Waals surface area contributed by atoms with E-state index in [0.717, 1.165) is 36.3 Å². The quantitative estimate of drug-likeness (QED) is 0.301. The molecular weight excluding hydrogens is 336 g/mol. The van der Waals surface area contributed by atoms with E-state index in [1.54, 1.807) is 0 Å². The largest absolute Gasteiger partial charge is 0.494 e. The minimum absolute atomic E-state index is 0.0392. The van der Waals surface area contributed by atoms with Crippen LogP contribution in [0.1, 0.15) is 78.1 Å². The van der Waals surface area contributed by atoms with E-state index in [2.05, 4.69) is 6.92 Å². The van der Waals surface area contributed by atoms with Crippen LogP contribution in [0.25, 0.3) is 0 Å². The van der Waals surface area contributed by atoms with Crippen LogP contribution in [0.15, 0.2) is 24.3 Å². The number of benzene rings is 1. The molecule has 0 bridgehead atoms. The first kappa shape index (κ1) is 20.2. The number of carbonyl (C=O) groups is 1. The number of carbonyl (C=O) groups excluding carboxylic acids is 1. The topological polar surface area (TPSA) is 35.5 Å². The predicted molar refractivity (Wildman–Crippen MR) is 109 cm³/mol. The van der Waals surface area contributed by atoms with Crippen LogP contribution in [-0.2, 0) is 4.79 Å². The summed E-state index contributed by atoms with van der Waals surface area (Å²) < 4.78 is 11.1. The average Bonchev–Trinajstić information content (AvgIpc) is 2.69. The molecule has 3 nitrogen and oxygen atoms in total. The SMILES string of the molecule is CCCCCC1CCC2CC(C(=O)Oc3ccc(OCC)cc3)CCC2C1. The van der Waals surface area contributed by atoms with Gasteiger partial charge in [-0.2, -0.15) is 0 Å². The van der Waals surface area contributed by atoms with Crippen molar-refractivity contribution in [1.29, 1.82) is 0 Å². The van der Waals surface area contributed by atoms with Crippen molar-refractivity contribution in [2.75, 3.05) is 6.61 Å². The Morgan fingerprint density at radius 1 is 0.926 bits per heavy atom. The Labute approximate surface area is 164 Å². The molecule has 3 heteroatoms. The summed E-state index contributed by atoms with van der Waals surface area (Å²) in [5.74, 6) is 4.00. The Bertz CT molecular complexity index is 580. The third kappa shape index (κ3) is 5.73. The Morgan fingerprint density at radius 2 is 1.63 bits per heavy atom. The van der Waals surface area contributed by atoms with Crippen molar-refractivity contribution in [1.82, 2.24) is 0 Å². The molecule has 1 aromatic rings. The molecule has 0 N–H and O–H groups in total. The van der Waals surface area contributed by atoms with E-state index in [9.17, 15) is 4.79 Å². The van der Waals surface area contributed by atoms with Crippen LogP contribution in [0.4, 0.5) is 0 Å². The van der Waals surface area contributed by atoms with Crippen LogP contribution in [0, 0.1) is 23.7 Å². The molecule has 3 rings (SSSR count). The lowest BCUT2D eigenvalue weighted by Crippen LogP contribution is -2.35. The van der Waals surface area contributed by atoms with Gasteiger partial charge in [0.2, 0.25) is 0 Å². The van der Waals surface area contributed by atoms with Crippen LogP contribution in [0.5, 0.6) is 11.5 Å². The molecule has 0 spiro atoms. The van der Waals surface area contributed by atoms with Gasteiger partial charge in [-0.1, -0.05) is 39.0 Å². The van der Waals surface area contributed by atoms with Gasteiger partial charge in [-0.05, 0) is 81.0 Å². The fourth-order valence-electron chi connectivity index (χ4n) is 5.12. The second kappa shape index (κ2) is 10.1. The first-order valence-electron chi connectivity index (χ1n) is 11.1. The van der Waals surface area contributed by atoms with Gasteiger partial charge >= 0.3 is 5.97 Å².